The van der Waals surface area contributed by atoms with Crippen LogP contribution in [0, 0.1) is 0 Å². The van der Waals surface area contributed by atoms with Gasteiger partial charge in [-0.05, 0) is 26.3 Å². The van der Waals surface area contributed by atoms with E-state index < -0.39 is 5.97 Å². The summed E-state index contributed by atoms with van der Waals surface area (Å²) in [7, 11) is 0. The summed E-state index contributed by atoms with van der Waals surface area (Å²) in [6, 6.07) is 0. The van der Waals surface area contributed by atoms with Crippen LogP contribution in [0.5, 0.6) is 0 Å². The molecule has 0 amide bonds. The zero-order chi connectivity index (χ0) is 11.3. The molecular weight excluding hydrogens is 194 g/mol. The predicted molar refractivity (Wildman–Crippen MR) is 57.9 cm³/mol. The number of carboxylic acid groups (broad SMARTS) is 1. The third kappa shape index (κ3) is 4.62. The Morgan fingerprint density at radius 2 is 2.27 bits per heavy atom. The lowest BCUT2D eigenvalue weighted by molar-refractivity contribution is -0.137. The maximum atomic E-state index is 10.4. The SMILES string of the molecule is CCC1CN(CCCC(=O)O)CC(C)O1. The van der Waals surface area contributed by atoms with Crippen molar-refractivity contribution in [3.8, 4) is 0 Å². The molecule has 0 aromatic heterocycles. The van der Waals surface area contributed by atoms with Gasteiger partial charge in [-0.25, -0.2) is 0 Å². The van der Waals surface area contributed by atoms with Gasteiger partial charge in [0, 0.05) is 19.5 Å². The van der Waals surface area contributed by atoms with Crippen molar-refractivity contribution in [2.75, 3.05) is 19.6 Å². The van der Waals surface area contributed by atoms with Crippen molar-refractivity contribution >= 4 is 5.97 Å². The minimum Gasteiger partial charge on any atom is -0.481 e. The highest BCUT2D eigenvalue weighted by Gasteiger charge is 2.23. The van der Waals surface area contributed by atoms with Crippen LogP contribution in [0.4, 0.5) is 0 Å². The highest BCUT2D eigenvalue weighted by atomic mass is 16.5. The van der Waals surface area contributed by atoms with Crippen molar-refractivity contribution in [3.63, 3.8) is 0 Å². The number of rotatable bonds is 5. The molecule has 15 heavy (non-hydrogen) atoms. The second-order valence-corrected chi connectivity index (χ2v) is 4.23. The van der Waals surface area contributed by atoms with Gasteiger partial charge in [0.25, 0.3) is 0 Å². The molecular formula is C11H21NO3. The first-order valence-corrected chi connectivity index (χ1v) is 5.71. The molecule has 0 aliphatic carbocycles. The molecule has 2 unspecified atom stereocenters. The smallest absolute Gasteiger partial charge is 0.303 e. The number of nitrogens with zero attached hydrogens (tertiary/aromatic N) is 1. The molecule has 4 nitrogen and oxygen atoms in total. The highest BCUT2D eigenvalue weighted by molar-refractivity contribution is 5.66. The van der Waals surface area contributed by atoms with E-state index >= 15 is 0 Å². The van der Waals surface area contributed by atoms with Crippen molar-refractivity contribution in [3.05, 3.63) is 0 Å². The van der Waals surface area contributed by atoms with Gasteiger partial charge in [-0.15, -0.1) is 0 Å². The maximum absolute atomic E-state index is 10.4. The van der Waals surface area contributed by atoms with Gasteiger partial charge in [-0.3, -0.25) is 9.69 Å². The van der Waals surface area contributed by atoms with Crippen LogP contribution in [0.1, 0.15) is 33.1 Å². The maximum Gasteiger partial charge on any atom is 0.303 e. The Labute approximate surface area is 91.2 Å². The number of aliphatic carboxylic acids is 1. The van der Waals surface area contributed by atoms with Crippen LogP contribution < -0.4 is 0 Å². The molecule has 1 saturated heterocycles. The van der Waals surface area contributed by atoms with Crippen LogP contribution in [0.15, 0.2) is 0 Å². The molecule has 88 valence electrons. The standard InChI is InChI=1S/C11H21NO3/c1-3-10-8-12(7-9(2)15-10)6-4-5-11(13)14/h9-10H,3-8H2,1-2H3,(H,13,14). The first-order chi connectivity index (χ1) is 7.11. The van der Waals surface area contributed by atoms with Gasteiger partial charge in [-0.1, -0.05) is 6.92 Å². The molecule has 1 aliphatic heterocycles. The van der Waals surface area contributed by atoms with E-state index in [-0.39, 0.29) is 12.5 Å². The molecule has 0 aromatic carbocycles. The van der Waals surface area contributed by atoms with Crippen LogP contribution in [-0.4, -0.2) is 47.8 Å². The summed E-state index contributed by atoms with van der Waals surface area (Å²) in [6.45, 7) is 6.94. The van der Waals surface area contributed by atoms with E-state index in [2.05, 4.69) is 18.7 Å². The van der Waals surface area contributed by atoms with Gasteiger partial charge in [0.05, 0.1) is 12.2 Å². The molecule has 2 atom stereocenters. The first kappa shape index (κ1) is 12.5. The zero-order valence-electron chi connectivity index (χ0n) is 9.61. The van der Waals surface area contributed by atoms with Crippen molar-refractivity contribution in [2.24, 2.45) is 0 Å². The van der Waals surface area contributed by atoms with Gasteiger partial charge < -0.3 is 9.84 Å². The third-order valence-corrected chi connectivity index (χ3v) is 2.72. The topological polar surface area (TPSA) is 49.8 Å². The minimum atomic E-state index is -0.705. The fourth-order valence-electron chi connectivity index (χ4n) is 2.00. The summed E-state index contributed by atoms with van der Waals surface area (Å²) in [5.41, 5.74) is 0. The van der Waals surface area contributed by atoms with Crippen LogP contribution in [-0.2, 0) is 9.53 Å². The largest absolute Gasteiger partial charge is 0.481 e. The van der Waals surface area contributed by atoms with Crippen LogP contribution in [0.2, 0.25) is 0 Å². The van der Waals surface area contributed by atoms with Crippen LogP contribution in [0.3, 0.4) is 0 Å². The summed E-state index contributed by atoms with van der Waals surface area (Å²) in [5.74, 6) is -0.705. The number of carboxylic acids is 1. The first-order valence-electron chi connectivity index (χ1n) is 5.71. The lowest BCUT2D eigenvalue weighted by Gasteiger charge is -2.36. The average molecular weight is 215 g/mol. The lowest BCUT2D eigenvalue weighted by Crippen LogP contribution is -2.46. The van der Waals surface area contributed by atoms with E-state index in [1.165, 1.54) is 0 Å². The van der Waals surface area contributed by atoms with E-state index in [4.69, 9.17) is 9.84 Å². The monoisotopic (exact) mass is 215 g/mol. The van der Waals surface area contributed by atoms with Gasteiger partial charge in [0.1, 0.15) is 0 Å². The predicted octanol–water partition coefficient (Wildman–Crippen LogP) is 1.35. The van der Waals surface area contributed by atoms with Crippen molar-refractivity contribution in [1.29, 1.82) is 0 Å². The second-order valence-electron chi connectivity index (χ2n) is 4.23. The molecule has 4 heteroatoms. The Kier molecular flexibility index (Phi) is 5.05. The molecule has 1 rings (SSSR count). The summed E-state index contributed by atoms with van der Waals surface area (Å²) in [6.07, 6.45) is 2.62. The molecule has 1 N–H and O–H groups in total. The molecule has 1 aliphatic rings. The third-order valence-electron chi connectivity index (χ3n) is 2.72. The molecule has 1 fully saturated rings. The fourth-order valence-corrected chi connectivity index (χ4v) is 2.00. The summed E-state index contributed by atoms with van der Waals surface area (Å²) < 4.78 is 5.74. The molecule has 0 saturated carbocycles. The Morgan fingerprint density at radius 3 is 2.87 bits per heavy atom. The van der Waals surface area contributed by atoms with Crippen LogP contribution >= 0.6 is 0 Å². The second kappa shape index (κ2) is 6.08. The van der Waals surface area contributed by atoms with E-state index in [0.29, 0.717) is 6.10 Å². The minimum absolute atomic E-state index is 0.266. The van der Waals surface area contributed by atoms with Gasteiger partial charge in [0.2, 0.25) is 0 Å². The summed E-state index contributed by atoms with van der Waals surface area (Å²) >= 11 is 0. The molecule has 0 radical (unpaired) electrons. The summed E-state index contributed by atoms with van der Waals surface area (Å²) in [5, 5.41) is 8.55. The number of hydrogen-bond donors (Lipinski definition) is 1. The van der Waals surface area contributed by atoms with Crippen molar-refractivity contribution < 1.29 is 14.6 Å². The highest BCUT2D eigenvalue weighted by Crippen LogP contribution is 2.13. The molecule has 0 aromatic rings. The van der Waals surface area contributed by atoms with Crippen molar-refractivity contribution in [2.45, 2.75) is 45.3 Å². The Balaban J connectivity index is 2.25. The Hall–Kier alpha value is -0.610. The number of ether oxygens (including phenoxy) is 1. The lowest BCUT2D eigenvalue weighted by atomic mass is 10.1. The number of carbonyl (C=O) groups is 1. The fraction of sp³-hybridized carbons (Fsp3) is 0.909. The van der Waals surface area contributed by atoms with Crippen molar-refractivity contribution in [1.82, 2.24) is 4.90 Å². The molecule has 1 heterocycles. The quantitative estimate of drug-likeness (QED) is 0.752. The van der Waals surface area contributed by atoms with E-state index in [0.717, 1.165) is 32.5 Å². The van der Waals surface area contributed by atoms with Gasteiger partial charge >= 0.3 is 5.97 Å². The van der Waals surface area contributed by atoms with E-state index in [9.17, 15) is 4.79 Å². The number of morpholine rings is 1. The summed E-state index contributed by atoms with van der Waals surface area (Å²) in [4.78, 5) is 12.7. The normalized spacial score (nSPS) is 27.9. The van der Waals surface area contributed by atoms with E-state index in [1.54, 1.807) is 0 Å². The number of hydrogen-bond acceptors (Lipinski definition) is 3. The Bertz CT molecular complexity index is 208. The zero-order valence-corrected chi connectivity index (χ0v) is 9.61. The van der Waals surface area contributed by atoms with Gasteiger partial charge in [-0.2, -0.15) is 0 Å². The van der Waals surface area contributed by atoms with Gasteiger partial charge in [0.15, 0.2) is 0 Å². The molecule has 0 spiro atoms. The molecule has 0 bridgehead atoms. The average Bonchev–Trinajstić information content (AvgIpc) is 2.16. The van der Waals surface area contributed by atoms with E-state index in [1.807, 2.05) is 0 Å². The van der Waals surface area contributed by atoms with Crippen LogP contribution in [0.25, 0.3) is 0 Å². The Morgan fingerprint density at radius 1 is 1.53 bits per heavy atom.